The SMILES string of the molecule is CC(C)C[C@H](NC(=O)[C@@H]1CCCN1C(=O)[C@@H](NC(=O)CNC(=O)[C@H](CC(=O)O)NC(=O)[C@H](CO)NC(=O)[C@H](Cc1c[nH]c2ccccc12)NC(=O)[C@H](CCC(N)=O)NC(=O)[C@H](Cc1c[nH]c2ccccc12)NC(=O)CNC(=O)[C@H](C)N)[C@@H](C)O)C(=O)N[C@@H](CC(N)=O)C(=O)O. The molecular formula is C60H82N16O19. The van der Waals surface area contributed by atoms with E-state index in [-0.39, 0.29) is 44.6 Å². The highest BCUT2D eigenvalue weighted by molar-refractivity contribution is 6.00. The predicted molar refractivity (Wildman–Crippen MR) is 334 cm³/mol. The number of amides is 13. The van der Waals surface area contributed by atoms with Gasteiger partial charge in [-0.15, -0.1) is 0 Å². The standard InChI is InChI=1S/C60H82N16O19/c1-28(2)18-38(54(88)73-42(60(94)95)21-46(63)80)72-58(92)44-14-9-17-76(44)59(93)50(30(4)78)75-48(82)26-67-52(86)41(22-49(83)84)71-57(91)43(27-77)74-56(90)40(20-32-24-65-36-13-8-6-11-34(32)36)70-53(87)37(15-16-45(62)79)69-55(89)39(68-47(81)25-66-51(85)29(3)61)19-31-23-64-35-12-7-5-10-33(31)35/h5-8,10-13,23-24,28-30,37-44,50,64-65,77-78H,9,14-22,25-27,61H2,1-4H3,(H2,62,79)(H2,63,80)(H,66,85)(H,67,86)(H,68,81)(H,69,89)(H,70,87)(H,71,91)(H,72,92)(H,73,88)(H,74,90)(H,75,82)(H,83,84)(H,94,95)/t29-,30+,37-,38-,39-,40-,41-,42-,43-,44-,50-/m0/s1. The van der Waals surface area contributed by atoms with Crippen molar-refractivity contribution < 1.29 is 92.3 Å². The van der Waals surface area contributed by atoms with E-state index in [0.29, 0.717) is 32.9 Å². The normalized spacial score (nSPS) is 16.0. The van der Waals surface area contributed by atoms with Gasteiger partial charge in [-0.25, -0.2) is 4.79 Å². The fraction of sp³-hybridized carbons (Fsp3) is 0.483. The van der Waals surface area contributed by atoms with Crippen LogP contribution in [0, 0.1) is 5.92 Å². The Kier molecular flexibility index (Phi) is 28.1. The van der Waals surface area contributed by atoms with E-state index in [1.807, 2.05) is 0 Å². The van der Waals surface area contributed by atoms with Gasteiger partial charge in [0.05, 0.1) is 44.7 Å². The van der Waals surface area contributed by atoms with Crippen LogP contribution in [-0.4, -0.2) is 217 Å². The van der Waals surface area contributed by atoms with Gasteiger partial charge in [-0.05, 0) is 68.7 Å². The summed E-state index contributed by atoms with van der Waals surface area (Å²) in [5.41, 5.74) is 18.5. The molecule has 0 unspecified atom stereocenters. The fourth-order valence-corrected chi connectivity index (χ4v) is 10.3. The van der Waals surface area contributed by atoms with Crippen molar-refractivity contribution in [2.75, 3.05) is 26.2 Å². The minimum Gasteiger partial charge on any atom is -0.481 e. The molecule has 516 valence electrons. The van der Waals surface area contributed by atoms with Crippen LogP contribution in [-0.2, 0) is 84.8 Å². The predicted octanol–water partition coefficient (Wildman–Crippen LogP) is -6.00. The molecule has 1 aliphatic rings. The first-order valence-corrected chi connectivity index (χ1v) is 30.3. The number of H-pyrrole nitrogens is 2. The maximum Gasteiger partial charge on any atom is 0.326 e. The number of likely N-dealkylation sites (tertiary alicyclic amines) is 1. The number of fused-ring (bicyclic) bond motifs is 2. The number of rotatable bonds is 37. The number of carboxylic acids is 2. The number of hydrogen-bond donors (Lipinski definition) is 19. The number of carbonyl (C=O) groups is 15. The lowest BCUT2D eigenvalue weighted by atomic mass is 10.0. The van der Waals surface area contributed by atoms with Gasteiger partial charge in [0.2, 0.25) is 76.8 Å². The monoisotopic (exact) mass is 1330 g/mol. The smallest absolute Gasteiger partial charge is 0.326 e. The second-order valence-electron chi connectivity index (χ2n) is 23.2. The van der Waals surface area contributed by atoms with Gasteiger partial charge in [0.1, 0.15) is 54.4 Å². The van der Waals surface area contributed by atoms with Crippen molar-refractivity contribution in [2.45, 2.75) is 152 Å². The number of primary amides is 2. The van der Waals surface area contributed by atoms with E-state index >= 15 is 0 Å². The third kappa shape index (κ3) is 22.6. The molecule has 3 heterocycles. The Morgan fingerprint density at radius 2 is 1.05 bits per heavy atom. The number of aromatic amines is 2. The number of aromatic nitrogens is 2. The first kappa shape index (κ1) is 75.2. The number of aliphatic hydroxyl groups is 2. The number of aliphatic carboxylic acids is 2. The number of nitrogens with zero attached hydrogens (tertiary/aromatic N) is 1. The Balaban J connectivity index is 1.30. The van der Waals surface area contributed by atoms with Gasteiger partial charge < -0.3 is 106 Å². The zero-order valence-electron chi connectivity index (χ0n) is 52.5. The maximum absolute atomic E-state index is 14.5. The number of aliphatic hydroxyl groups excluding tert-OH is 2. The van der Waals surface area contributed by atoms with E-state index in [0.717, 1.165) is 11.8 Å². The summed E-state index contributed by atoms with van der Waals surface area (Å²) < 4.78 is 0. The van der Waals surface area contributed by atoms with Gasteiger partial charge in [-0.3, -0.25) is 67.1 Å². The minimum absolute atomic E-state index is 0.0116. The molecule has 4 aromatic rings. The van der Waals surface area contributed by atoms with Crippen molar-refractivity contribution in [3.05, 3.63) is 72.1 Å². The van der Waals surface area contributed by atoms with Gasteiger partial charge in [-0.2, -0.15) is 0 Å². The molecule has 11 atom stereocenters. The minimum atomic E-state index is -2.04. The molecule has 5 rings (SSSR count). The van der Waals surface area contributed by atoms with Gasteiger partial charge >= 0.3 is 11.9 Å². The molecule has 1 fully saturated rings. The number of carboxylic acid groups (broad SMARTS) is 2. The number of hydrogen-bond acceptors (Lipinski definition) is 18. The van der Waals surface area contributed by atoms with Crippen LogP contribution in [0.15, 0.2) is 60.9 Å². The van der Waals surface area contributed by atoms with Crippen LogP contribution in [0.25, 0.3) is 21.8 Å². The third-order valence-electron chi connectivity index (χ3n) is 15.1. The van der Waals surface area contributed by atoms with Crippen molar-refractivity contribution in [3.63, 3.8) is 0 Å². The fourth-order valence-electron chi connectivity index (χ4n) is 10.3. The highest BCUT2D eigenvalue weighted by Crippen LogP contribution is 2.23. The molecule has 2 aromatic heterocycles. The molecule has 2 aromatic carbocycles. The molecule has 0 saturated carbocycles. The second kappa shape index (κ2) is 35.5. The summed E-state index contributed by atoms with van der Waals surface area (Å²) in [6.07, 6.45) is -1.65. The topological polar surface area (TPSA) is 570 Å². The van der Waals surface area contributed by atoms with Crippen LogP contribution in [0.5, 0.6) is 0 Å². The number of benzene rings is 2. The molecule has 0 spiro atoms. The maximum atomic E-state index is 14.5. The Morgan fingerprint density at radius 1 is 0.568 bits per heavy atom. The number of para-hydroxylation sites is 2. The molecule has 35 heteroatoms. The first-order chi connectivity index (χ1) is 44.9. The lowest BCUT2D eigenvalue weighted by molar-refractivity contribution is -0.145. The lowest BCUT2D eigenvalue weighted by Gasteiger charge is -2.31. The summed E-state index contributed by atoms with van der Waals surface area (Å²) in [4.78, 5) is 205. The number of nitrogens with two attached hydrogens (primary N) is 3. The van der Waals surface area contributed by atoms with Gasteiger partial charge in [0.25, 0.3) is 0 Å². The molecule has 0 bridgehead atoms. The zero-order chi connectivity index (χ0) is 70.4. The van der Waals surface area contributed by atoms with Crippen molar-refractivity contribution in [3.8, 4) is 0 Å². The van der Waals surface area contributed by atoms with Crippen LogP contribution in [0.1, 0.15) is 83.8 Å². The average molecular weight is 1330 g/mol. The Bertz CT molecular complexity index is 3500. The molecule has 0 aliphatic carbocycles. The molecule has 13 amide bonds. The Hall–Kier alpha value is -10.5. The molecule has 22 N–H and O–H groups in total. The Morgan fingerprint density at radius 3 is 1.57 bits per heavy atom. The second-order valence-corrected chi connectivity index (χ2v) is 23.2. The molecular weight excluding hydrogens is 1250 g/mol. The van der Waals surface area contributed by atoms with E-state index < -0.39 is 201 Å². The summed E-state index contributed by atoms with van der Waals surface area (Å²) in [6, 6.07) is -2.12. The summed E-state index contributed by atoms with van der Waals surface area (Å²) in [7, 11) is 0. The first-order valence-electron chi connectivity index (χ1n) is 30.3. The molecule has 95 heavy (non-hydrogen) atoms. The van der Waals surface area contributed by atoms with Crippen molar-refractivity contribution in [1.82, 2.24) is 68.0 Å². The van der Waals surface area contributed by atoms with Crippen LogP contribution in [0.3, 0.4) is 0 Å². The summed E-state index contributed by atoms with van der Waals surface area (Å²) in [6.45, 7) is 3.03. The van der Waals surface area contributed by atoms with E-state index in [4.69, 9.17) is 17.2 Å². The van der Waals surface area contributed by atoms with Crippen molar-refractivity contribution in [2.24, 2.45) is 23.1 Å². The van der Waals surface area contributed by atoms with Crippen molar-refractivity contribution in [1.29, 1.82) is 0 Å². The zero-order valence-corrected chi connectivity index (χ0v) is 52.5. The van der Waals surface area contributed by atoms with Crippen LogP contribution >= 0.6 is 0 Å². The van der Waals surface area contributed by atoms with Crippen LogP contribution in [0.2, 0.25) is 0 Å². The third-order valence-corrected chi connectivity index (χ3v) is 15.1. The lowest BCUT2D eigenvalue weighted by Crippen LogP contribution is -2.61. The summed E-state index contributed by atoms with van der Waals surface area (Å²) in [5, 5.41) is 65.2. The summed E-state index contributed by atoms with van der Waals surface area (Å²) in [5.74, 6) is -16.7. The van der Waals surface area contributed by atoms with E-state index in [1.54, 1.807) is 68.6 Å². The average Bonchev–Trinajstić information content (AvgIpc) is 1.74. The van der Waals surface area contributed by atoms with E-state index in [9.17, 15) is 92.3 Å². The molecule has 35 nitrogen and oxygen atoms in total. The quantitative estimate of drug-likeness (QED) is 0.0200. The number of carbonyl (C=O) groups excluding carboxylic acids is 13. The van der Waals surface area contributed by atoms with Gasteiger partial charge in [0.15, 0.2) is 0 Å². The largest absolute Gasteiger partial charge is 0.481 e. The molecule has 0 radical (unpaired) electrons. The van der Waals surface area contributed by atoms with Crippen LogP contribution in [0.4, 0.5) is 0 Å². The van der Waals surface area contributed by atoms with Crippen molar-refractivity contribution >= 4 is 111 Å². The highest BCUT2D eigenvalue weighted by atomic mass is 16.4. The van der Waals surface area contributed by atoms with Crippen LogP contribution < -0.4 is 70.4 Å². The Labute approximate surface area is 542 Å². The summed E-state index contributed by atoms with van der Waals surface area (Å²) >= 11 is 0. The van der Waals surface area contributed by atoms with E-state index in [1.165, 1.54) is 13.1 Å². The molecule has 1 saturated heterocycles. The van der Waals surface area contributed by atoms with Gasteiger partial charge in [0, 0.05) is 60.0 Å². The van der Waals surface area contributed by atoms with Gasteiger partial charge in [-0.1, -0.05) is 50.2 Å². The van der Waals surface area contributed by atoms with E-state index in [2.05, 4.69) is 63.1 Å². The number of nitrogens with one attached hydrogen (secondary N) is 12. The molecule has 1 aliphatic heterocycles. The highest BCUT2D eigenvalue weighted by Gasteiger charge is 2.41.